The van der Waals surface area contributed by atoms with Gasteiger partial charge >= 0.3 is 0 Å². The highest BCUT2D eigenvalue weighted by Gasteiger charge is 2.09. The van der Waals surface area contributed by atoms with Gasteiger partial charge in [0.2, 0.25) is 0 Å². The fourth-order valence-corrected chi connectivity index (χ4v) is 2.06. The van der Waals surface area contributed by atoms with Crippen LogP contribution in [0.4, 0.5) is 5.69 Å². The van der Waals surface area contributed by atoms with E-state index in [9.17, 15) is 0 Å². The number of rotatable bonds is 3. The van der Waals surface area contributed by atoms with Gasteiger partial charge in [-0.1, -0.05) is 17.7 Å². The lowest BCUT2D eigenvalue weighted by atomic mass is 10.2. The summed E-state index contributed by atoms with van der Waals surface area (Å²) >= 11 is 5.43. The zero-order valence-electron chi connectivity index (χ0n) is 12.3. The largest absolute Gasteiger partial charge is 0.348 e. The first kappa shape index (κ1) is 14.5. The number of hydrogen-bond donors (Lipinski definition) is 1. The zero-order valence-corrected chi connectivity index (χ0v) is 13.2. The summed E-state index contributed by atoms with van der Waals surface area (Å²) in [4.78, 5) is 2.01. The van der Waals surface area contributed by atoms with Crippen molar-refractivity contribution >= 4 is 23.0 Å². The average Bonchev–Trinajstić information content (AvgIpc) is 2.73. The highest BCUT2D eigenvalue weighted by Crippen LogP contribution is 2.12. The highest BCUT2D eigenvalue weighted by atomic mass is 32.1. The summed E-state index contributed by atoms with van der Waals surface area (Å²) in [5, 5.41) is 8.20. The Kier molecular flexibility index (Phi) is 4.39. The molecule has 5 heteroatoms. The maximum atomic E-state index is 5.43. The lowest BCUT2D eigenvalue weighted by Gasteiger charge is -2.21. The molecule has 1 aromatic heterocycles. The van der Waals surface area contributed by atoms with Crippen molar-refractivity contribution in [2.24, 2.45) is 7.05 Å². The maximum Gasteiger partial charge on any atom is 0.173 e. The molecular weight excluding hydrogens is 268 g/mol. The molecule has 0 aliphatic heterocycles. The first-order chi connectivity index (χ1) is 9.47. The van der Waals surface area contributed by atoms with Gasteiger partial charge in [0.05, 0.1) is 6.20 Å². The molecule has 0 atom stereocenters. The van der Waals surface area contributed by atoms with Crippen LogP contribution in [0.5, 0.6) is 0 Å². The Morgan fingerprint density at radius 2 is 1.95 bits per heavy atom. The topological polar surface area (TPSA) is 33.1 Å². The molecular formula is C15H20N4S. The smallest absolute Gasteiger partial charge is 0.173 e. The first-order valence-electron chi connectivity index (χ1n) is 6.53. The predicted molar refractivity (Wildman–Crippen MR) is 86.8 cm³/mol. The molecule has 0 saturated carbocycles. The van der Waals surface area contributed by atoms with Crippen molar-refractivity contribution in [2.75, 3.05) is 12.4 Å². The van der Waals surface area contributed by atoms with E-state index < -0.39 is 0 Å². The van der Waals surface area contributed by atoms with E-state index in [-0.39, 0.29) is 0 Å². The Morgan fingerprint density at radius 3 is 2.50 bits per heavy atom. The van der Waals surface area contributed by atoms with Gasteiger partial charge in [-0.3, -0.25) is 4.68 Å². The number of nitrogens with one attached hydrogen (secondary N) is 1. The van der Waals surface area contributed by atoms with Gasteiger partial charge in [0.25, 0.3) is 0 Å². The molecule has 0 unspecified atom stereocenters. The number of benzene rings is 1. The van der Waals surface area contributed by atoms with Crippen LogP contribution in [0.15, 0.2) is 30.5 Å². The molecule has 0 radical (unpaired) electrons. The summed E-state index contributed by atoms with van der Waals surface area (Å²) in [6.07, 6.45) is 1.89. The molecule has 0 spiro atoms. The average molecular weight is 288 g/mol. The third kappa shape index (κ3) is 3.36. The minimum atomic E-state index is 0.706. The van der Waals surface area contributed by atoms with Crippen LogP contribution in [-0.4, -0.2) is 26.8 Å². The second-order valence-electron chi connectivity index (χ2n) is 5.03. The van der Waals surface area contributed by atoms with E-state index in [0.717, 1.165) is 17.9 Å². The molecule has 2 aromatic rings. The van der Waals surface area contributed by atoms with Gasteiger partial charge < -0.3 is 10.2 Å². The number of aryl methyl sites for hydroxylation is 2. The summed E-state index contributed by atoms with van der Waals surface area (Å²) < 4.78 is 1.87. The molecule has 0 bridgehead atoms. The van der Waals surface area contributed by atoms with Crippen LogP contribution in [0, 0.1) is 13.8 Å². The maximum absolute atomic E-state index is 5.43. The highest BCUT2D eigenvalue weighted by molar-refractivity contribution is 7.80. The Bertz CT molecular complexity index is 601. The van der Waals surface area contributed by atoms with E-state index in [4.69, 9.17) is 12.2 Å². The lowest BCUT2D eigenvalue weighted by Crippen LogP contribution is -2.30. The van der Waals surface area contributed by atoms with Crippen LogP contribution in [-0.2, 0) is 13.6 Å². The molecule has 106 valence electrons. The molecule has 0 saturated heterocycles. The standard InChI is InChI=1S/C15H20N4S/c1-11-5-7-14(8-6-11)17-15(20)18(3)10-13-9-16-19(4)12(13)2/h5-9H,10H2,1-4H3,(H,17,20). The molecule has 1 heterocycles. The van der Waals surface area contributed by atoms with Crippen LogP contribution in [0.3, 0.4) is 0 Å². The van der Waals surface area contributed by atoms with Crippen molar-refractivity contribution in [2.45, 2.75) is 20.4 Å². The van der Waals surface area contributed by atoms with Gasteiger partial charge in [-0.15, -0.1) is 0 Å². The number of hydrogen-bond acceptors (Lipinski definition) is 2. The minimum Gasteiger partial charge on any atom is -0.348 e. The van der Waals surface area contributed by atoms with Gasteiger partial charge in [-0.25, -0.2) is 0 Å². The molecule has 0 aliphatic rings. The molecule has 0 fully saturated rings. The summed E-state index contributed by atoms with van der Waals surface area (Å²) in [6, 6.07) is 8.20. The second kappa shape index (κ2) is 6.05. The van der Waals surface area contributed by atoms with E-state index in [0.29, 0.717) is 5.11 Å². The molecule has 0 amide bonds. The van der Waals surface area contributed by atoms with Crippen molar-refractivity contribution in [3.8, 4) is 0 Å². The SMILES string of the molecule is Cc1ccc(NC(=S)N(C)Cc2cnn(C)c2C)cc1. The number of anilines is 1. The number of aromatic nitrogens is 2. The van der Waals surface area contributed by atoms with Gasteiger partial charge in [0.1, 0.15) is 0 Å². The normalized spacial score (nSPS) is 10.4. The molecule has 1 aromatic carbocycles. The fourth-order valence-electron chi connectivity index (χ4n) is 1.88. The van der Waals surface area contributed by atoms with E-state index in [1.54, 1.807) is 0 Å². The van der Waals surface area contributed by atoms with Crippen molar-refractivity contribution in [1.82, 2.24) is 14.7 Å². The summed E-state index contributed by atoms with van der Waals surface area (Å²) in [5.74, 6) is 0. The third-order valence-electron chi connectivity index (χ3n) is 3.39. The Morgan fingerprint density at radius 1 is 1.30 bits per heavy atom. The lowest BCUT2D eigenvalue weighted by molar-refractivity contribution is 0.506. The summed E-state index contributed by atoms with van der Waals surface area (Å²) in [5.41, 5.74) is 4.59. The van der Waals surface area contributed by atoms with Crippen molar-refractivity contribution < 1.29 is 0 Å². The summed E-state index contributed by atoms with van der Waals surface area (Å²) in [6.45, 7) is 4.88. The minimum absolute atomic E-state index is 0.706. The van der Waals surface area contributed by atoms with Crippen LogP contribution in [0.2, 0.25) is 0 Å². The summed E-state index contributed by atoms with van der Waals surface area (Å²) in [7, 11) is 3.93. The second-order valence-corrected chi connectivity index (χ2v) is 5.42. The fraction of sp³-hybridized carbons (Fsp3) is 0.333. The van der Waals surface area contributed by atoms with E-state index >= 15 is 0 Å². The Labute approximate surface area is 125 Å². The number of nitrogens with zero attached hydrogens (tertiary/aromatic N) is 3. The molecule has 20 heavy (non-hydrogen) atoms. The van der Waals surface area contributed by atoms with Crippen LogP contribution in [0.25, 0.3) is 0 Å². The first-order valence-corrected chi connectivity index (χ1v) is 6.94. The van der Waals surface area contributed by atoms with E-state index in [1.165, 1.54) is 11.1 Å². The van der Waals surface area contributed by atoms with Crippen molar-refractivity contribution in [3.05, 3.63) is 47.3 Å². The van der Waals surface area contributed by atoms with Crippen LogP contribution in [0.1, 0.15) is 16.8 Å². The molecule has 4 nitrogen and oxygen atoms in total. The van der Waals surface area contributed by atoms with E-state index in [1.807, 2.05) is 42.0 Å². The van der Waals surface area contributed by atoms with Crippen molar-refractivity contribution in [1.29, 1.82) is 0 Å². The predicted octanol–water partition coefficient (Wildman–Crippen LogP) is 2.87. The van der Waals surface area contributed by atoms with Crippen LogP contribution < -0.4 is 5.32 Å². The van der Waals surface area contributed by atoms with Gasteiger partial charge in [0.15, 0.2) is 5.11 Å². The zero-order chi connectivity index (χ0) is 14.7. The quantitative estimate of drug-likeness (QED) is 0.881. The van der Waals surface area contributed by atoms with Gasteiger partial charge in [-0.05, 0) is 38.2 Å². The Hall–Kier alpha value is -1.88. The third-order valence-corrected chi connectivity index (χ3v) is 3.81. The van der Waals surface area contributed by atoms with Gasteiger partial charge in [0, 0.05) is 37.6 Å². The monoisotopic (exact) mass is 288 g/mol. The van der Waals surface area contributed by atoms with E-state index in [2.05, 4.69) is 36.4 Å². The van der Waals surface area contributed by atoms with Crippen LogP contribution >= 0.6 is 12.2 Å². The molecule has 0 aliphatic carbocycles. The molecule has 2 rings (SSSR count). The van der Waals surface area contributed by atoms with Crippen molar-refractivity contribution in [3.63, 3.8) is 0 Å². The Balaban J connectivity index is 1.98. The van der Waals surface area contributed by atoms with Gasteiger partial charge in [-0.2, -0.15) is 5.10 Å². The molecule has 1 N–H and O–H groups in total. The number of thiocarbonyl (C=S) groups is 1.